The van der Waals surface area contributed by atoms with Crippen LogP contribution in [0.15, 0.2) is 59.4 Å². The summed E-state index contributed by atoms with van der Waals surface area (Å²) in [7, 11) is 0. The number of nitrogens with one attached hydrogen (secondary N) is 2. The third-order valence-electron chi connectivity index (χ3n) is 4.94. The van der Waals surface area contributed by atoms with Gasteiger partial charge in [0.15, 0.2) is 0 Å². The first kappa shape index (κ1) is 17.5. The van der Waals surface area contributed by atoms with E-state index in [2.05, 4.69) is 57.4 Å². The van der Waals surface area contributed by atoms with E-state index < -0.39 is 0 Å². The molecule has 1 aliphatic heterocycles. The number of aromatic amines is 1. The van der Waals surface area contributed by atoms with Crippen LogP contribution in [0.2, 0.25) is 0 Å². The highest BCUT2D eigenvalue weighted by atomic mass is 16.1. The molecular formula is C22H24N4O. The molecule has 2 heterocycles. The van der Waals surface area contributed by atoms with Crippen LogP contribution in [-0.2, 0) is 26.1 Å². The Morgan fingerprint density at radius 1 is 1.11 bits per heavy atom. The molecule has 0 bridgehead atoms. The number of hydrogen-bond acceptors (Lipinski definition) is 4. The first-order chi connectivity index (χ1) is 13.2. The number of H-pyrrole nitrogens is 1. The van der Waals surface area contributed by atoms with Crippen LogP contribution in [0.4, 0.5) is 5.95 Å². The zero-order chi connectivity index (χ0) is 18.6. The molecule has 0 saturated heterocycles. The van der Waals surface area contributed by atoms with E-state index >= 15 is 0 Å². The standard InChI is InChI=1S/C22H24N4O/c1-16-6-5-9-18(12-16)13-23-22-24-20-10-11-26(15-19(20)21(27)25-22)14-17-7-3-2-4-8-17/h2-9,12H,10-11,13-15H2,1H3,(H2,23,24,25,27). The van der Waals surface area contributed by atoms with E-state index in [1.165, 1.54) is 16.7 Å². The summed E-state index contributed by atoms with van der Waals surface area (Å²) in [5.74, 6) is 0.553. The second kappa shape index (κ2) is 7.76. The van der Waals surface area contributed by atoms with Crippen LogP contribution in [0.3, 0.4) is 0 Å². The van der Waals surface area contributed by atoms with Crippen LogP contribution in [0.1, 0.15) is 27.9 Å². The summed E-state index contributed by atoms with van der Waals surface area (Å²) in [6, 6.07) is 18.7. The zero-order valence-corrected chi connectivity index (χ0v) is 15.5. The largest absolute Gasteiger partial charge is 0.352 e. The topological polar surface area (TPSA) is 61.0 Å². The van der Waals surface area contributed by atoms with Gasteiger partial charge in [0, 0.05) is 32.6 Å². The Kier molecular flexibility index (Phi) is 5.03. The predicted octanol–water partition coefficient (Wildman–Crippen LogP) is 3.25. The van der Waals surface area contributed by atoms with Gasteiger partial charge in [0.05, 0.1) is 11.3 Å². The lowest BCUT2D eigenvalue weighted by Crippen LogP contribution is -2.35. The van der Waals surface area contributed by atoms with E-state index in [1.54, 1.807) is 0 Å². The molecule has 0 aliphatic carbocycles. The normalized spacial score (nSPS) is 14.0. The minimum absolute atomic E-state index is 0.0375. The van der Waals surface area contributed by atoms with Crippen molar-refractivity contribution in [2.75, 3.05) is 11.9 Å². The van der Waals surface area contributed by atoms with Gasteiger partial charge in [-0.1, -0.05) is 60.2 Å². The van der Waals surface area contributed by atoms with Gasteiger partial charge in [-0.3, -0.25) is 14.7 Å². The van der Waals surface area contributed by atoms with Gasteiger partial charge in [0.25, 0.3) is 5.56 Å². The molecule has 4 rings (SSSR count). The molecule has 0 amide bonds. The molecule has 27 heavy (non-hydrogen) atoms. The number of hydrogen-bond donors (Lipinski definition) is 2. The van der Waals surface area contributed by atoms with Gasteiger partial charge in [-0.2, -0.15) is 0 Å². The van der Waals surface area contributed by atoms with Gasteiger partial charge in [0.2, 0.25) is 5.95 Å². The van der Waals surface area contributed by atoms with Crippen LogP contribution in [0.25, 0.3) is 0 Å². The molecule has 5 heteroatoms. The van der Waals surface area contributed by atoms with Crippen molar-refractivity contribution in [3.63, 3.8) is 0 Å². The smallest absolute Gasteiger partial charge is 0.257 e. The lowest BCUT2D eigenvalue weighted by molar-refractivity contribution is 0.242. The van der Waals surface area contributed by atoms with Crippen LogP contribution >= 0.6 is 0 Å². The van der Waals surface area contributed by atoms with Gasteiger partial charge >= 0.3 is 0 Å². The minimum atomic E-state index is -0.0375. The molecule has 1 aromatic heterocycles. The molecule has 0 radical (unpaired) electrons. The number of fused-ring (bicyclic) bond motifs is 1. The number of anilines is 1. The highest BCUT2D eigenvalue weighted by Gasteiger charge is 2.21. The van der Waals surface area contributed by atoms with E-state index in [9.17, 15) is 4.79 Å². The van der Waals surface area contributed by atoms with Crippen molar-refractivity contribution >= 4 is 5.95 Å². The molecule has 0 fully saturated rings. The fourth-order valence-electron chi connectivity index (χ4n) is 3.55. The highest BCUT2D eigenvalue weighted by molar-refractivity contribution is 5.33. The monoisotopic (exact) mass is 360 g/mol. The molecule has 2 N–H and O–H groups in total. The second-order valence-electron chi connectivity index (χ2n) is 7.13. The average molecular weight is 360 g/mol. The molecule has 0 unspecified atom stereocenters. The maximum Gasteiger partial charge on any atom is 0.257 e. The highest BCUT2D eigenvalue weighted by Crippen LogP contribution is 2.17. The van der Waals surface area contributed by atoms with E-state index in [0.29, 0.717) is 19.0 Å². The summed E-state index contributed by atoms with van der Waals surface area (Å²) in [6.07, 6.45) is 0.797. The average Bonchev–Trinajstić information content (AvgIpc) is 2.68. The van der Waals surface area contributed by atoms with E-state index in [4.69, 9.17) is 0 Å². The molecule has 5 nitrogen and oxygen atoms in total. The van der Waals surface area contributed by atoms with Crippen molar-refractivity contribution in [2.24, 2.45) is 0 Å². The maximum atomic E-state index is 12.6. The molecule has 0 saturated carbocycles. The number of aromatic nitrogens is 2. The maximum absolute atomic E-state index is 12.6. The number of aryl methyl sites for hydroxylation is 1. The molecule has 3 aromatic rings. The van der Waals surface area contributed by atoms with Crippen molar-refractivity contribution in [1.82, 2.24) is 14.9 Å². The van der Waals surface area contributed by atoms with Crippen LogP contribution < -0.4 is 10.9 Å². The summed E-state index contributed by atoms with van der Waals surface area (Å²) in [5, 5.41) is 3.25. The fraction of sp³-hybridized carbons (Fsp3) is 0.273. The van der Waals surface area contributed by atoms with Crippen LogP contribution in [0, 0.1) is 6.92 Å². The molecule has 138 valence electrons. The quantitative estimate of drug-likeness (QED) is 0.733. The van der Waals surface area contributed by atoms with Crippen molar-refractivity contribution in [1.29, 1.82) is 0 Å². The first-order valence-corrected chi connectivity index (χ1v) is 9.35. The Morgan fingerprint density at radius 2 is 1.93 bits per heavy atom. The molecular weight excluding hydrogens is 336 g/mol. The van der Waals surface area contributed by atoms with E-state index in [-0.39, 0.29) is 5.56 Å². The summed E-state index contributed by atoms with van der Waals surface area (Å²) in [4.78, 5) is 22.4. The molecule has 1 aliphatic rings. The van der Waals surface area contributed by atoms with Crippen LogP contribution in [-0.4, -0.2) is 21.4 Å². The predicted molar refractivity (Wildman–Crippen MR) is 108 cm³/mol. The van der Waals surface area contributed by atoms with E-state index in [0.717, 1.165) is 30.8 Å². The Balaban J connectivity index is 1.45. The summed E-state index contributed by atoms with van der Waals surface area (Å²) >= 11 is 0. The molecule has 0 atom stereocenters. The van der Waals surface area contributed by atoms with Gasteiger partial charge in [0.1, 0.15) is 0 Å². The fourth-order valence-corrected chi connectivity index (χ4v) is 3.55. The molecule has 2 aromatic carbocycles. The Bertz CT molecular complexity index is 981. The SMILES string of the molecule is Cc1cccc(CNc2nc3c(c(=O)[nH]2)CN(Cc2ccccc2)CC3)c1. The Morgan fingerprint density at radius 3 is 2.74 bits per heavy atom. The number of rotatable bonds is 5. The number of benzene rings is 2. The van der Waals surface area contributed by atoms with Crippen molar-refractivity contribution < 1.29 is 0 Å². The first-order valence-electron chi connectivity index (χ1n) is 9.35. The van der Waals surface area contributed by atoms with E-state index in [1.807, 2.05) is 24.3 Å². The Hall–Kier alpha value is -2.92. The lowest BCUT2D eigenvalue weighted by Gasteiger charge is -2.27. The summed E-state index contributed by atoms with van der Waals surface area (Å²) in [6.45, 7) is 5.13. The van der Waals surface area contributed by atoms with Gasteiger partial charge < -0.3 is 5.32 Å². The summed E-state index contributed by atoms with van der Waals surface area (Å²) < 4.78 is 0. The van der Waals surface area contributed by atoms with Crippen molar-refractivity contribution in [2.45, 2.75) is 33.0 Å². The zero-order valence-electron chi connectivity index (χ0n) is 15.5. The third kappa shape index (κ3) is 4.26. The van der Waals surface area contributed by atoms with Crippen LogP contribution in [0.5, 0.6) is 0 Å². The minimum Gasteiger partial charge on any atom is -0.352 e. The third-order valence-corrected chi connectivity index (χ3v) is 4.94. The van der Waals surface area contributed by atoms with Gasteiger partial charge in [-0.05, 0) is 18.1 Å². The van der Waals surface area contributed by atoms with Crippen molar-refractivity contribution in [3.8, 4) is 0 Å². The lowest BCUT2D eigenvalue weighted by atomic mass is 10.1. The Labute approximate surface area is 159 Å². The summed E-state index contributed by atoms with van der Waals surface area (Å²) in [5.41, 5.74) is 5.32. The van der Waals surface area contributed by atoms with Crippen molar-refractivity contribution in [3.05, 3.63) is 92.9 Å². The van der Waals surface area contributed by atoms with Gasteiger partial charge in [-0.15, -0.1) is 0 Å². The number of nitrogens with zero attached hydrogens (tertiary/aromatic N) is 2. The van der Waals surface area contributed by atoms with Gasteiger partial charge in [-0.25, -0.2) is 4.98 Å². The second-order valence-corrected chi connectivity index (χ2v) is 7.13. The molecule has 0 spiro atoms.